The lowest BCUT2D eigenvalue weighted by atomic mass is 10.2. The highest BCUT2D eigenvalue weighted by atomic mass is 16.5. The zero-order valence-electron chi connectivity index (χ0n) is 13.2. The molecule has 0 bridgehead atoms. The number of ether oxygens (including phenoxy) is 2. The van der Waals surface area contributed by atoms with Crippen molar-refractivity contribution in [3.63, 3.8) is 0 Å². The summed E-state index contributed by atoms with van der Waals surface area (Å²) in [5.41, 5.74) is 0.795. The average molecular weight is 342 g/mol. The standard InChI is InChI=1S/C16H14N4O5/c1-23-15-6-11(7-19-20-9-17-18-10-20)2-4-13(15)24-8-12-3-5-14(25-12)16(21)22/h2-7,9-10H,8H2,1H3,(H,21,22). The van der Waals surface area contributed by atoms with E-state index in [-0.39, 0.29) is 12.4 Å². The minimum absolute atomic E-state index is 0.0811. The fourth-order valence-corrected chi connectivity index (χ4v) is 1.99. The van der Waals surface area contributed by atoms with Crippen LogP contribution in [0, 0.1) is 0 Å². The van der Waals surface area contributed by atoms with Gasteiger partial charge in [-0.2, -0.15) is 5.10 Å². The molecule has 0 spiro atoms. The van der Waals surface area contributed by atoms with Gasteiger partial charge in [0, 0.05) is 0 Å². The van der Waals surface area contributed by atoms with Crippen LogP contribution in [-0.2, 0) is 6.61 Å². The molecule has 0 aliphatic rings. The van der Waals surface area contributed by atoms with E-state index < -0.39 is 5.97 Å². The Labute approximate surface area is 142 Å². The second-order valence-electron chi connectivity index (χ2n) is 4.86. The van der Waals surface area contributed by atoms with Gasteiger partial charge in [0.1, 0.15) is 25.0 Å². The van der Waals surface area contributed by atoms with E-state index >= 15 is 0 Å². The van der Waals surface area contributed by atoms with Gasteiger partial charge in [-0.25, -0.2) is 9.47 Å². The summed E-state index contributed by atoms with van der Waals surface area (Å²) < 4.78 is 17.6. The molecule has 0 aliphatic carbocycles. The van der Waals surface area contributed by atoms with E-state index in [9.17, 15) is 4.79 Å². The van der Waals surface area contributed by atoms with Gasteiger partial charge >= 0.3 is 5.97 Å². The summed E-state index contributed by atoms with van der Waals surface area (Å²) in [6, 6.07) is 8.22. The molecule has 3 aromatic rings. The van der Waals surface area contributed by atoms with E-state index in [0.717, 1.165) is 5.56 Å². The second-order valence-corrected chi connectivity index (χ2v) is 4.86. The Kier molecular flexibility index (Phi) is 4.74. The highest BCUT2D eigenvalue weighted by molar-refractivity contribution is 5.84. The minimum Gasteiger partial charge on any atom is -0.493 e. The van der Waals surface area contributed by atoms with Crippen LogP contribution in [0.2, 0.25) is 0 Å². The number of carboxylic acids is 1. The Bertz CT molecular complexity index is 886. The number of hydrogen-bond donors (Lipinski definition) is 1. The maximum atomic E-state index is 10.8. The summed E-state index contributed by atoms with van der Waals surface area (Å²) in [5.74, 6) is 0.152. The minimum atomic E-state index is -1.12. The molecule has 0 saturated carbocycles. The van der Waals surface area contributed by atoms with Gasteiger partial charge in [0.15, 0.2) is 11.5 Å². The Balaban J connectivity index is 1.69. The third-order valence-corrected chi connectivity index (χ3v) is 3.18. The molecule has 1 N–H and O–H groups in total. The van der Waals surface area contributed by atoms with E-state index in [1.54, 1.807) is 30.5 Å². The summed E-state index contributed by atoms with van der Waals surface area (Å²) in [6.45, 7) is 0.0811. The molecular weight excluding hydrogens is 328 g/mol. The molecule has 0 unspecified atom stereocenters. The highest BCUT2D eigenvalue weighted by Gasteiger charge is 2.11. The molecule has 0 amide bonds. The first-order valence-electron chi connectivity index (χ1n) is 7.17. The number of carboxylic acid groups (broad SMARTS) is 1. The Morgan fingerprint density at radius 2 is 2.08 bits per heavy atom. The van der Waals surface area contributed by atoms with Crippen molar-refractivity contribution in [3.05, 3.63) is 60.1 Å². The molecule has 0 atom stereocenters. The molecule has 9 heteroatoms. The van der Waals surface area contributed by atoms with E-state index in [4.69, 9.17) is 19.0 Å². The van der Waals surface area contributed by atoms with Crippen LogP contribution in [0.5, 0.6) is 11.5 Å². The maximum absolute atomic E-state index is 10.8. The lowest BCUT2D eigenvalue weighted by molar-refractivity contribution is 0.0658. The number of methoxy groups -OCH3 is 1. The normalized spacial score (nSPS) is 10.9. The topological polar surface area (TPSA) is 112 Å². The number of aromatic carboxylic acids is 1. The van der Waals surface area contributed by atoms with Crippen molar-refractivity contribution in [3.8, 4) is 11.5 Å². The molecular formula is C16H14N4O5. The van der Waals surface area contributed by atoms with Crippen molar-refractivity contribution in [2.75, 3.05) is 7.11 Å². The smallest absolute Gasteiger partial charge is 0.371 e. The first kappa shape index (κ1) is 16.2. The molecule has 9 nitrogen and oxygen atoms in total. The largest absolute Gasteiger partial charge is 0.493 e. The zero-order valence-corrected chi connectivity index (χ0v) is 13.2. The van der Waals surface area contributed by atoms with Gasteiger partial charge in [-0.3, -0.25) is 0 Å². The van der Waals surface area contributed by atoms with Gasteiger partial charge in [-0.1, -0.05) is 0 Å². The molecule has 25 heavy (non-hydrogen) atoms. The predicted octanol–water partition coefficient (Wildman–Crippen LogP) is 2.04. The van der Waals surface area contributed by atoms with Crippen LogP contribution in [0.4, 0.5) is 0 Å². The summed E-state index contributed by atoms with van der Waals surface area (Å²) in [6.07, 6.45) is 4.57. The van der Waals surface area contributed by atoms with Crippen molar-refractivity contribution in [1.29, 1.82) is 0 Å². The summed E-state index contributed by atoms with van der Waals surface area (Å²) >= 11 is 0. The molecule has 0 saturated heterocycles. The van der Waals surface area contributed by atoms with Crippen LogP contribution >= 0.6 is 0 Å². The monoisotopic (exact) mass is 342 g/mol. The number of nitrogens with zero attached hydrogens (tertiary/aromatic N) is 4. The number of aromatic nitrogens is 3. The molecule has 128 valence electrons. The average Bonchev–Trinajstić information content (AvgIpc) is 3.30. The molecule has 0 aliphatic heterocycles. The van der Waals surface area contributed by atoms with Crippen molar-refractivity contribution >= 4 is 12.2 Å². The van der Waals surface area contributed by atoms with Crippen molar-refractivity contribution in [2.24, 2.45) is 5.10 Å². The van der Waals surface area contributed by atoms with Gasteiger partial charge in [0.2, 0.25) is 5.76 Å². The molecule has 0 radical (unpaired) electrons. The molecule has 3 rings (SSSR count). The van der Waals surface area contributed by atoms with Gasteiger partial charge in [0.25, 0.3) is 0 Å². The fraction of sp³-hybridized carbons (Fsp3) is 0.125. The molecule has 2 aromatic heterocycles. The van der Waals surface area contributed by atoms with Crippen LogP contribution in [0.3, 0.4) is 0 Å². The fourth-order valence-electron chi connectivity index (χ4n) is 1.99. The Hall–Kier alpha value is -3.62. The Morgan fingerprint density at radius 3 is 2.76 bits per heavy atom. The van der Waals surface area contributed by atoms with E-state index in [2.05, 4.69) is 15.3 Å². The van der Waals surface area contributed by atoms with Gasteiger partial charge in [-0.15, -0.1) is 10.2 Å². The first-order valence-corrected chi connectivity index (χ1v) is 7.17. The second kappa shape index (κ2) is 7.30. The van der Waals surface area contributed by atoms with Crippen molar-refractivity contribution < 1.29 is 23.8 Å². The molecule has 2 heterocycles. The quantitative estimate of drug-likeness (QED) is 0.654. The zero-order chi connectivity index (χ0) is 17.6. The lowest BCUT2D eigenvalue weighted by Gasteiger charge is -2.10. The number of carbonyl (C=O) groups is 1. The third kappa shape index (κ3) is 4.02. The van der Waals surface area contributed by atoms with Gasteiger partial charge in [-0.05, 0) is 35.9 Å². The van der Waals surface area contributed by atoms with E-state index in [1.807, 2.05) is 0 Å². The predicted molar refractivity (Wildman–Crippen MR) is 86.0 cm³/mol. The maximum Gasteiger partial charge on any atom is 0.371 e. The van der Waals surface area contributed by atoms with Crippen LogP contribution in [-0.4, -0.2) is 39.3 Å². The number of rotatable bonds is 7. The van der Waals surface area contributed by atoms with Gasteiger partial charge < -0.3 is 19.0 Å². The number of furan rings is 1. The summed E-state index contributed by atoms with van der Waals surface area (Å²) in [4.78, 5) is 10.8. The lowest BCUT2D eigenvalue weighted by Crippen LogP contribution is -1.98. The number of hydrogen-bond acceptors (Lipinski definition) is 7. The Morgan fingerprint density at radius 1 is 1.28 bits per heavy atom. The molecule has 1 aromatic carbocycles. The molecule has 0 fully saturated rings. The summed E-state index contributed by atoms with van der Waals surface area (Å²) in [5, 5.41) is 20.3. The van der Waals surface area contributed by atoms with Crippen LogP contribution < -0.4 is 9.47 Å². The van der Waals surface area contributed by atoms with Crippen LogP contribution in [0.15, 0.2) is 52.5 Å². The van der Waals surface area contributed by atoms with E-state index in [1.165, 1.54) is 30.5 Å². The third-order valence-electron chi connectivity index (χ3n) is 3.18. The van der Waals surface area contributed by atoms with Crippen LogP contribution in [0.25, 0.3) is 0 Å². The van der Waals surface area contributed by atoms with E-state index in [0.29, 0.717) is 17.3 Å². The summed E-state index contributed by atoms with van der Waals surface area (Å²) in [7, 11) is 1.53. The number of benzene rings is 1. The SMILES string of the molecule is COc1cc(C=Nn2cnnc2)ccc1OCc1ccc(C(=O)O)o1. The highest BCUT2D eigenvalue weighted by Crippen LogP contribution is 2.28. The van der Waals surface area contributed by atoms with Crippen molar-refractivity contribution in [1.82, 2.24) is 14.9 Å². The van der Waals surface area contributed by atoms with Crippen molar-refractivity contribution in [2.45, 2.75) is 6.61 Å². The first-order chi connectivity index (χ1) is 12.2. The van der Waals surface area contributed by atoms with Gasteiger partial charge in [0.05, 0.1) is 13.3 Å². The van der Waals surface area contributed by atoms with Crippen LogP contribution in [0.1, 0.15) is 21.9 Å².